The van der Waals surface area contributed by atoms with Crippen LogP contribution in [0.2, 0.25) is 0 Å². The molecule has 9 aromatic rings. The number of hydrogen-bond donors (Lipinski definition) is 0. The monoisotopic (exact) mass is 740 g/mol. The maximum absolute atomic E-state index is 9.60. The lowest BCUT2D eigenvalue weighted by molar-refractivity contribution is 0.432. The highest BCUT2D eigenvalue weighted by atomic mass is 32.1. The van der Waals surface area contributed by atoms with Crippen LogP contribution in [0.15, 0.2) is 169 Å². The second-order valence-corrected chi connectivity index (χ2v) is 16.6. The van der Waals surface area contributed by atoms with Crippen LogP contribution in [-0.4, -0.2) is 5.71 Å². The third-order valence-electron chi connectivity index (χ3n) is 11.2. The zero-order valence-corrected chi connectivity index (χ0v) is 32.0. The molecule has 262 valence electrons. The number of hydrogen-bond acceptors (Lipinski definition) is 4. The standard InChI is InChI=1S/C51H36N2S2/c1-2-33-26-36(34-12-4-3-5-13-34)30-46(35-24-22-32(31-52)23-25-35)53-49(33)39-28-37(40-16-10-18-44-42-14-6-8-20-47(42)54-50(40)44)27-38(29-39)41-17-11-19-45-43-15-7-9-21-48(43)55-51(41)45/h3-25,27-30,33,49H,2,26H2,1H3. The van der Waals surface area contributed by atoms with Gasteiger partial charge in [0.25, 0.3) is 0 Å². The van der Waals surface area contributed by atoms with Gasteiger partial charge >= 0.3 is 0 Å². The largest absolute Gasteiger partial charge is 0.276 e. The molecule has 4 heteroatoms. The summed E-state index contributed by atoms with van der Waals surface area (Å²) in [6, 6.07) is 59.2. The minimum atomic E-state index is -0.0879. The van der Waals surface area contributed by atoms with Crippen molar-refractivity contribution in [3.63, 3.8) is 0 Å². The van der Waals surface area contributed by atoms with Gasteiger partial charge < -0.3 is 0 Å². The topological polar surface area (TPSA) is 36.1 Å². The molecule has 0 fully saturated rings. The predicted molar refractivity (Wildman–Crippen MR) is 236 cm³/mol. The van der Waals surface area contributed by atoms with Gasteiger partial charge in [-0.3, -0.25) is 4.99 Å². The highest BCUT2D eigenvalue weighted by Crippen LogP contribution is 2.46. The Bertz CT molecular complexity index is 2880. The van der Waals surface area contributed by atoms with Crippen molar-refractivity contribution in [2.24, 2.45) is 10.9 Å². The lowest BCUT2D eigenvalue weighted by Crippen LogP contribution is -2.12. The Morgan fingerprint density at radius 2 is 1.15 bits per heavy atom. The van der Waals surface area contributed by atoms with Crippen LogP contribution in [0, 0.1) is 17.2 Å². The average Bonchev–Trinajstić information content (AvgIpc) is 3.76. The number of allylic oxidation sites excluding steroid dienone is 2. The molecule has 2 aromatic heterocycles. The summed E-state index contributed by atoms with van der Waals surface area (Å²) in [4.78, 5) is 5.73. The number of benzene rings is 7. The van der Waals surface area contributed by atoms with Crippen molar-refractivity contribution in [2.75, 3.05) is 0 Å². The van der Waals surface area contributed by atoms with Crippen molar-refractivity contribution in [1.29, 1.82) is 5.26 Å². The van der Waals surface area contributed by atoms with E-state index in [-0.39, 0.29) is 12.0 Å². The summed E-state index contributed by atoms with van der Waals surface area (Å²) in [6.45, 7) is 2.31. The first-order valence-electron chi connectivity index (χ1n) is 19.0. The van der Waals surface area contributed by atoms with E-state index in [1.54, 1.807) is 0 Å². The van der Waals surface area contributed by atoms with E-state index in [2.05, 4.69) is 153 Å². The lowest BCUT2D eigenvalue weighted by Gasteiger charge is -2.25. The zero-order valence-electron chi connectivity index (χ0n) is 30.4. The summed E-state index contributed by atoms with van der Waals surface area (Å²) in [7, 11) is 0. The fourth-order valence-electron chi connectivity index (χ4n) is 8.43. The highest BCUT2D eigenvalue weighted by molar-refractivity contribution is 7.26. The summed E-state index contributed by atoms with van der Waals surface area (Å²) in [5, 5.41) is 14.8. The first-order valence-corrected chi connectivity index (χ1v) is 20.6. The molecule has 0 spiro atoms. The summed E-state index contributed by atoms with van der Waals surface area (Å²) in [5.74, 6) is 0.269. The molecule has 0 amide bonds. The van der Waals surface area contributed by atoms with E-state index < -0.39 is 0 Å². The predicted octanol–water partition coefficient (Wildman–Crippen LogP) is 14.7. The maximum Gasteiger partial charge on any atom is 0.0991 e. The molecule has 2 nitrogen and oxygen atoms in total. The zero-order chi connectivity index (χ0) is 36.9. The molecular formula is C51H36N2S2. The first-order chi connectivity index (χ1) is 27.1. The molecule has 2 atom stereocenters. The van der Waals surface area contributed by atoms with Crippen LogP contribution in [0.5, 0.6) is 0 Å². The van der Waals surface area contributed by atoms with Gasteiger partial charge in [-0.1, -0.05) is 129 Å². The van der Waals surface area contributed by atoms with Crippen LogP contribution in [0.4, 0.5) is 0 Å². The van der Waals surface area contributed by atoms with Crippen molar-refractivity contribution in [1.82, 2.24) is 0 Å². The number of rotatable bonds is 6. The van der Waals surface area contributed by atoms with Crippen LogP contribution in [0.1, 0.15) is 48.1 Å². The number of nitriles is 1. The van der Waals surface area contributed by atoms with Crippen molar-refractivity contribution in [3.8, 4) is 28.3 Å². The van der Waals surface area contributed by atoms with Crippen LogP contribution >= 0.6 is 22.7 Å². The molecule has 0 bridgehead atoms. The first kappa shape index (κ1) is 33.4. The molecule has 55 heavy (non-hydrogen) atoms. The minimum absolute atomic E-state index is 0.0879. The second kappa shape index (κ2) is 13.9. The Morgan fingerprint density at radius 3 is 1.73 bits per heavy atom. The van der Waals surface area contributed by atoms with Crippen molar-refractivity contribution in [2.45, 2.75) is 25.8 Å². The third-order valence-corrected chi connectivity index (χ3v) is 13.7. The van der Waals surface area contributed by atoms with Crippen molar-refractivity contribution in [3.05, 3.63) is 186 Å². The molecule has 0 saturated heterocycles. The van der Waals surface area contributed by atoms with Gasteiger partial charge in [-0.15, -0.1) is 22.7 Å². The van der Waals surface area contributed by atoms with E-state index in [1.165, 1.54) is 79.3 Å². The van der Waals surface area contributed by atoms with Gasteiger partial charge in [-0.25, -0.2) is 0 Å². The van der Waals surface area contributed by atoms with E-state index in [9.17, 15) is 5.26 Å². The van der Waals surface area contributed by atoms with Gasteiger partial charge in [0.2, 0.25) is 0 Å². The van der Waals surface area contributed by atoms with E-state index in [0.29, 0.717) is 5.56 Å². The summed E-state index contributed by atoms with van der Waals surface area (Å²) < 4.78 is 5.24. The Labute approximate surface area is 329 Å². The molecule has 10 rings (SSSR count). The average molecular weight is 741 g/mol. The van der Waals surface area contributed by atoms with Gasteiger partial charge in [0.05, 0.1) is 23.4 Å². The number of aliphatic imine (C=N–C) groups is 1. The maximum atomic E-state index is 9.60. The van der Waals surface area contributed by atoms with Crippen LogP contribution < -0.4 is 0 Å². The third kappa shape index (κ3) is 5.97. The molecule has 7 aromatic carbocycles. The molecule has 0 saturated carbocycles. The molecule has 2 unspecified atom stereocenters. The van der Waals surface area contributed by atoms with Gasteiger partial charge in [0, 0.05) is 40.3 Å². The molecule has 0 radical (unpaired) electrons. The van der Waals surface area contributed by atoms with Crippen molar-refractivity contribution >= 4 is 74.3 Å². The summed E-state index contributed by atoms with van der Waals surface area (Å²) >= 11 is 3.76. The number of nitrogens with zero attached hydrogens (tertiary/aromatic N) is 2. The van der Waals surface area contributed by atoms with E-state index in [1.807, 2.05) is 46.9 Å². The number of fused-ring (bicyclic) bond motifs is 6. The highest BCUT2D eigenvalue weighted by Gasteiger charge is 2.28. The number of thiophene rings is 2. The van der Waals surface area contributed by atoms with E-state index in [4.69, 9.17) is 4.99 Å². The Morgan fingerprint density at radius 1 is 0.582 bits per heavy atom. The molecule has 0 N–H and O–H groups in total. The van der Waals surface area contributed by atoms with Crippen LogP contribution in [0.25, 0.3) is 68.2 Å². The normalized spacial score (nSPS) is 15.9. The summed E-state index contributed by atoms with van der Waals surface area (Å²) in [6.07, 6.45) is 4.18. The second-order valence-electron chi connectivity index (χ2n) is 14.5. The SMILES string of the molecule is CCC1CC(c2ccccc2)=CC(c2ccc(C#N)cc2)=NC1c1cc(-c2cccc3c2sc2ccccc23)cc(-c2cccc3c2sc2ccccc23)c1. The van der Waals surface area contributed by atoms with Gasteiger partial charge in [-0.2, -0.15) is 5.26 Å². The molecule has 1 aliphatic heterocycles. The van der Waals surface area contributed by atoms with Gasteiger partial charge in [0.1, 0.15) is 0 Å². The van der Waals surface area contributed by atoms with Gasteiger partial charge in [0.15, 0.2) is 0 Å². The van der Waals surface area contributed by atoms with Crippen LogP contribution in [0.3, 0.4) is 0 Å². The molecular weight excluding hydrogens is 705 g/mol. The Hall–Kier alpha value is -6.12. The van der Waals surface area contributed by atoms with Crippen molar-refractivity contribution < 1.29 is 0 Å². The Balaban J connectivity index is 1.22. The molecule has 0 aliphatic carbocycles. The lowest BCUT2D eigenvalue weighted by atomic mass is 9.83. The smallest absolute Gasteiger partial charge is 0.0991 e. The molecule has 1 aliphatic rings. The Kier molecular flexibility index (Phi) is 8.48. The fourth-order valence-corrected chi connectivity index (χ4v) is 10.9. The quantitative estimate of drug-likeness (QED) is 0.167. The minimum Gasteiger partial charge on any atom is -0.276 e. The molecule has 3 heterocycles. The fraction of sp³-hybridized carbons (Fsp3) is 0.0980. The van der Waals surface area contributed by atoms with E-state index >= 15 is 0 Å². The van der Waals surface area contributed by atoms with E-state index in [0.717, 1.165) is 24.1 Å². The van der Waals surface area contributed by atoms with Gasteiger partial charge in [-0.05, 0) is 105 Å². The van der Waals surface area contributed by atoms with Crippen LogP contribution in [-0.2, 0) is 0 Å². The summed E-state index contributed by atoms with van der Waals surface area (Å²) in [5.41, 5.74) is 11.3.